The van der Waals surface area contributed by atoms with Crippen LogP contribution < -0.4 is 20.3 Å². The van der Waals surface area contributed by atoms with Crippen molar-refractivity contribution in [1.29, 1.82) is 0 Å². The summed E-state index contributed by atoms with van der Waals surface area (Å²) in [6, 6.07) is 4.42. The predicted octanol–water partition coefficient (Wildman–Crippen LogP) is 0.659. The van der Waals surface area contributed by atoms with Crippen molar-refractivity contribution in [1.82, 2.24) is 5.32 Å². The number of carbonyl (C=O) groups is 3. The van der Waals surface area contributed by atoms with E-state index < -0.39 is 24.5 Å². The Morgan fingerprint density at radius 2 is 2.04 bits per heavy atom. The molecular formula is C13H12F3N3O4. The fraction of sp³-hybridized carbons (Fsp3) is 0.308. The molecule has 0 radical (unpaired) electrons. The molecule has 23 heavy (non-hydrogen) atoms. The zero-order valence-corrected chi connectivity index (χ0v) is 11.9. The lowest BCUT2D eigenvalue weighted by Gasteiger charge is -2.26. The second-order valence-corrected chi connectivity index (χ2v) is 4.65. The van der Waals surface area contributed by atoms with Crippen molar-refractivity contribution in [3.05, 3.63) is 18.2 Å². The first-order valence-electron chi connectivity index (χ1n) is 6.37. The number of nitrogens with zero attached hydrogens (tertiary/aromatic N) is 1. The highest BCUT2D eigenvalue weighted by molar-refractivity contribution is 6.00. The summed E-state index contributed by atoms with van der Waals surface area (Å²) in [6.45, 7) is -0.931. The van der Waals surface area contributed by atoms with E-state index in [0.717, 1.165) is 0 Å². The molecule has 0 aromatic heterocycles. The number of halogens is 3. The van der Waals surface area contributed by atoms with Crippen molar-refractivity contribution in [3.63, 3.8) is 0 Å². The molecule has 3 amide bonds. The zero-order valence-electron chi connectivity index (χ0n) is 11.9. The van der Waals surface area contributed by atoms with Gasteiger partial charge in [0.2, 0.25) is 5.91 Å². The fourth-order valence-corrected chi connectivity index (χ4v) is 1.82. The number of benzene rings is 1. The molecule has 0 bridgehead atoms. The topological polar surface area (TPSA) is 87.7 Å². The Hall–Kier alpha value is -2.78. The van der Waals surface area contributed by atoms with Crippen LogP contribution in [0.4, 0.5) is 24.5 Å². The number of anilines is 2. The maximum atomic E-state index is 12.0. The molecule has 0 fully saturated rings. The fourth-order valence-electron chi connectivity index (χ4n) is 1.82. The van der Waals surface area contributed by atoms with Gasteiger partial charge in [0.05, 0.1) is 12.2 Å². The monoisotopic (exact) mass is 331 g/mol. The number of hydrogen-bond donors (Lipinski definition) is 2. The second kappa shape index (κ2) is 6.15. The van der Waals surface area contributed by atoms with Gasteiger partial charge in [0.15, 0.2) is 6.61 Å². The summed E-state index contributed by atoms with van der Waals surface area (Å²) in [6.07, 6.45) is -5.05. The van der Waals surface area contributed by atoms with Gasteiger partial charge >= 0.3 is 12.1 Å². The van der Waals surface area contributed by atoms with E-state index in [1.807, 2.05) is 0 Å². The number of hydrogen-bond acceptors (Lipinski definition) is 4. The average Bonchev–Trinajstić information content (AvgIpc) is 2.48. The molecule has 1 aliphatic rings. The molecule has 7 nitrogen and oxygen atoms in total. The van der Waals surface area contributed by atoms with Crippen LogP contribution in [0.25, 0.3) is 0 Å². The number of fused-ring (bicyclic) bond motifs is 1. The Balaban J connectivity index is 2.00. The molecule has 2 N–H and O–H groups in total. The molecule has 10 heteroatoms. The van der Waals surface area contributed by atoms with Gasteiger partial charge < -0.3 is 20.3 Å². The van der Waals surface area contributed by atoms with Crippen molar-refractivity contribution >= 4 is 29.1 Å². The smallest absolute Gasteiger partial charge is 0.471 e. The Bertz CT molecular complexity index is 660. The highest BCUT2D eigenvalue weighted by Gasteiger charge is 2.38. The van der Waals surface area contributed by atoms with Gasteiger partial charge in [0.1, 0.15) is 5.75 Å². The first-order chi connectivity index (χ1) is 10.7. The van der Waals surface area contributed by atoms with E-state index in [1.165, 1.54) is 35.5 Å². The number of carbonyl (C=O) groups excluding carboxylic acids is 3. The minimum absolute atomic E-state index is 0.0985. The highest BCUT2D eigenvalue weighted by Crippen LogP contribution is 2.33. The van der Waals surface area contributed by atoms with Crippen LogP contribution in [0.1, 0.15) is 0 Å². The van der Waals surface area contributed by atoms with Gasteiger partial charge in [0, 0.05) is 12.7 Å². The van der Waals surface area contributed by atoms with Crippen LogP contribution in [0.3, 0.4) is 0 Å². The van der Waals surface area contributed by atoms with Gasteiger partial charge in [-0.25, -0.2) is 0 Å². The van der Waals surface area contributed by atoms with E-state index in [4.69, 9.17) is 4.74 Å². The molecule has 2 rings (SSSR count). The molecule has 0 saturated heterocycles. The molecule has 1 aliphatic heterocycles. The minimum atomic E-state index is -5.05. The maximum absolute atomic E-state index is 12.0. The molecule has 0 unspecified atom stereocenters. The van der Waals surface area contributed by atoms with Gasteiger partial charge in [-0.2, -0.15) is 13.2 Å². The summed E-state index contributed by atoms with van der Waals surface area (Å²) in [5.41, 5.74) is 0.665. The molecule has 1 aromatic rings. The van der Waals surface area contributed by atoms with Crippen molar-refractivity contribution in [2.45, 2.75) is 6.18 Å². The number of rotatable bonds is 3. The SMILES string of the molecule is CN1C(=O)COc2ccc(NC(=O)CNC(=O)C(F)(F)F)cc21. The normalized spacial score (nSPS) is 13.9. The van der Waals surface area contributed by atoms with Crippen molar-refractivity contribution < 1.29 is 32.3 Å². The molecule has 1 heterocycles. The summed E-state index contributed by atoms with van der Waals surface area (Å²) in [4.78, 5) is 35.0. The number of nitrogens with one attached hydrogen (secondary N) is 2. The predicted molar refractivity (Wildman–Crippen MR) is 73.0 cm³/mol. The molecule has 124 valence electrons. The third kappa shape index (κ3) is 3.90. The number of amides is 3. The molecule has 0 spiro atoms. The summed E-state index contributed by atoms with van der Waals surface area (Å²) in [5, 5.41) is 3.78. The standard InChI is InChI=1S/C13H12F3N3O4/c1-19-8-4-7(2-3-9(8)23-6-11(19)21)18-10(20)5-17-12(22)13(14,15)16/h2-4H,5-6H2,1H3,(H,17,22)(H,18,20). The van der Waals surface area contributed by atoms with Crippen LogP contribution in [0.2, 0.25) is 0 Å². The largest absolute Gasteiger partial charge is 0.482 e. The number of likely N-dealkylation sites (N-methyl/N-ethyl adjacent to an activating group) is 1. The van der Waals surface area contributed by atoms with Gasteiger partial charge in [-0.1, -0.05) is 0 Å². The van der Waals surface area contributed by atoms with Gasteiger partial charge in [-0.3, -0.25) is 14.4 Å². The number of alkyl halides is 3. The minimum Gasteiger partial charge on any atom is -0.482 e. The lowest BCUT2D eigenvalue weighted by molar-refractivity contribution is -0.173. The quantitative estimate of drug-likeness (QED) is 0.852. The third-order valence-electron chi connectivity index (χ3n) is 3.00. The van der Waals surface area contributed by atoms with E-state index in [1.54, 1.807) is 0 Å². The molecule has 0 saturated carbocycles. The first-order valence-corrected chi connectivity index (χ1v) is 6.37. The van der Waals surface area contributed by atoms with E-state index in [0.29, 0.717) is 11.4 Å². The van der Waals surface area contributed by atoms with Crippen molar-refractivity contribution in [3.8, 4) is 5.75 Å². The van der Waals surface area contributed by atoms with Crippen LogP contribution >= 0.6 is 0 Å². The number of ether oxygens (including phenoxy) is 1. The third-order valence-corrected chi connectivity index (χ3v) is 3.00. The molecule has 0 atom stereocenters. The molecule has 0 aliphatic carbocycles. The lowest BCUT2D eigenvalue weighted by atomic mass is 10.2. The van der Waals surface area contributed by atoms with E-state index in [9.17, 15) is 27.6 Å². The Kier molecular flexibility index (Phi) is 4.43. The van der Waals surface area contributed by atoms with Crippen LogP contribution in [0.5, 0.6) is 5.75 Å². The Labute approximate surface area is 128 Å². The van der Waals surface area contributed by atoms with E-state index >= 15 is 0 Å². The van der Waals surface area contributed by atoms with Gasteiger partial charge in [0.25, 0.3) is 5.91 Å². The lowest BCUT2D eigenvalue weighted by Crippen LogP contribution is -2.41. The van der Waals surface area contributed by atoms with Crippen LogP contribution in [0, 0.1) is 0 Å². The van der Waals surface area contributed by atoms with Crippen LogP contribution in [-0.4, -0.2) is 44.1 Å². The maximum Gasteiger partial charge on any atom is 0.471 e. The second-order valence-electron chi connectivity index (χ2n) is 4.65. The van der Waals surface area contributed by atoms with Crippen molar-refractivity contribution in [2.24, 2.45) is 0 Å². The van der Waals surface area contributed by atoms with Crippen molar-refractivity contribution in [2.75, 3.05) is 30.4 Å². The first kappa shape index (κ1) is 16.6. The summed E-state index contributed by atoms with van der Waals surface area (Å²) < 4.78 is 41.2. The van der Waals surface area contributed by atoms with Crippen LogP contribution in [0.15, 0.2) is 18.2 Å². The Morgan fingerprint density at radius 1 is 1.35 bits per heavy atom. The van der Waals surface area contributed by atoms with Gasteiger partial charge in [-0.05, 0) is 18.2 Å². The summed E-state index contributed by atoms with van der Waals surface area (Å²) >= 11 is 0. The molecular weight excluding hydrogens is 319 g/mol. The summed E-state index contributed by atoms with van der Waals surface area (Å²) in [7, 11) is 1.53. The molecule has 1 aromatic carbocycles. The van der Waals surface area contributed by atoms with Gasteiger partial charge in [-0.15, -0.1) is 0 Å². The van der Waals surface area contributed by atoms with E-state index in [2.05, 4.69) is 5.32 Å². The van der Waals surface area contributed by atoms with E-state index in [-0.39, 0.29) is 18.2 Å². The summed E-state index contributed by atoms with van der Waals surface area (Å²) in [5.74, 6) is -2.88. The Morgan fingerprint density at radius 3 is 2.70 bits per heavy atom. The van der Waals surface area contributed by atoms with Crippen LogP contribution in [-0.2, 0) is 14.4 Å². The zero-order chi connectivity index (χ0) is 17.2. The highest BCUT2D eigenvalue weighted by atomic mass is 19.4. The average molecular weight is 331 g/mol.